The van der Waals surface area contributed by atoms with Crippen molar-refractivity contribution in [3.8, 4) is 0 Å². The number of carbonyl (C=O) groups is 1. The SMILES string of the molecule is CCCCC(C)NCC(=O)NC(C)C(C)C. The molecule has 16 heavy (non-hydrogen) atoms. The molecule has 0 saturated carbocycles. The lowest BCUT2D eigenvalue weighted by Crippen LogP contribution is -2.43. The van der Waals surface area contributed by atoms with E-state index in [4.69, 9.17) is 0 Å². The molecule has 0 rings (SSSR count). The van der Waals surface area contributed by atoms with Gasteiger partial charge in [-0.1, -0.05) is 33.6 Å². The molecule has 2 N–H and O–H groups in total. The van der Waals surface area contributed by atoms with Gasteiger partial charge in [-0.15, -0.1) is 0 Å². The van der Waals surface area contributed by atoms with E-state index >= 15 is 0 Å². The Morgan fingerprint density at radius 3 is 2.31 bits per heavy atom. The molecule has 0 aromatic rings. The van der Waals surface area contributed by atoms with Crippen molar-refractivity contribution in [1.29, 1.82) is 0 Å². The normalized spacial score (nSPS) is 14.9. The Kier molecular flexibility index (Phi) is 8.26. The quantitative estimate of drug-likeness (QED) is 0.669. The first-order chi connectivity index (χ1) is 7.47. The first-order valence-corrected chi connectivity index (χ1v) is 6.50. The second kappa shape index (κ2) is 8.57. The van der Waals surface area contributed by atoms with Crippen LogP contribution in [0.15, 0.2) is 0 Å². The van der Waals surface area contributed by atoms with Crippen LogP contribution in [0, 0.1) is 5.92 Å². The summed E-state index contributed by atoms with van der Waals surface area (Å²) in [4.78, 5) is 11.6. The molecule has 3 nitrogen and oxygen atoms in total. The zero-order chi connectivity index (χ0) is 12.6. The van der Waals surface area contributed by atoms with Crippen molar-refractivity contribution in [1.82, 2.24) is 10.6 Å². The minimum absolute atomic E-state index is 0.101. The van der Waals surface area contributed by atoms with Gasteiger partial charge in [0.2, 0.25) is 5.91 Å². The van der Waals surface area contributed by atoms with Gasteiger partial charge in [0.25, 0.3) is 0 Å². The highest BCUT2D eigenvalue weighted by Gasteiger charge is 2.11. The van der Waals surface area contributed by atoms with Crippen LogP contribution in [0.4, 0.5) is 0 Å². The van der Waals surface area contributed by atoms with Gasteiger partial charge in [0, 0.05) is 12.1 Å². The fraction of sp³-hybridized carbons (Fsp3) is 0.923. The summed E-state index contributed by atoms with van der Waals surface area (Å²) in [5.74, 6) is 0.589. The summed E-state index contributed by atoms with van der Waals surface area (Å²) < 4.78 is 0. The zero-order valence-corrected chi connectivity index (χ0v) is 11.5. The third-order valence-electron chi connectivity index (χ3n) is 2.99. The van der Waals surface area contributed by atoms with Crippen molar-refractivity contribution in [2.24, 2.45) is 5.92 Å². The van der Waals surface area contributed by atoms with Crippen LogP contribution in [0.1, 0.15) is 53.9 Å². The molecular weight excluding hydrogens is 200 g/mol. The predicted octanol–water partition coefficient (Wildman–Crippen LogP) is 2.32. The molecule has 2 unspecified atom stereocenters. The Morgan fingerprint density at radius 2 is 1.81 bits per heavy atom. The van der Waals surface area contributed by atoms with Gasteiger partial charge >= 0.3 is 0 Å². The summed E-state index contributed by atoms with van der Waals surface area (Å²) in [5, 5.41) is 6.24. The molecule has 2 atom stereocenters. The number of hydrogen-bond acceptors (Lipinski definition) is 2. The maximum Gasteiger partial charge on any atom is 0.234 e. The molecule has 0 bridgehead atoms. The lowest BCUT2D eigenvalue weighted by molar-refractivity contribution is -0.121. The van der Waals surface area contributed by atoms with E-state index in [-0.39, 0.29) is 11.9 Å². The summed E-state index contributed by atoms with van der Waals surface area (Å²) in [6, 6.07) is 0.681. The van der Waals surface area contributed by atoms with Gasteiger partial charge in [0.15, 0.2) is 0 Å². The lowest BCUT2D eigenvalue weighted by atomic mass is 10.1. The van der Waals surface area contributed by atoms with E-state index in [0.717, 1.165) is 6.42 Å². The highest BCUT2D eigenvalue weighted by molar-refractivity contribution is 5.78. The molecule has 0 fully saturated rings. The van der Waals surface area contributed by atoms with E-state index in [9.17, 15) is 4.79 Å². The highest BCUT2D eigenvalue weighted by Crippen LogP contribution is 2.00. The fourth-order valence-electron chi connectivity index (χ4n) is 1.35. The Balaban J connectivity index is 3.64. The van der Waals surface area contributed by atoms with Gasteiger partial charge in [0.05, 0.1) is 6.54 Å². The van der Waals surface area contributed by atoms with Crippen molar-refractivity contribution in [3.63, 3.8) is 0 Å². The smallest absolute Gasteiger partial charge is 0.234 e. The number of carbonyl (C=O) groups excluding carboxylic acids is 1. The zero-order valence-electron chi connectivity index (χ0n) is 11.5. The Labute approximate surface area is 100 Å². The summed E-state index contributed by atoms with van der Waals surface area (Å²) in [6.45, 7) is 11.0. The van der Waals surface area contributed by atoms with Crippen LogP contribution in [0.25, 0.3) is 0 Å². The minimum Gasteiger partial charge on any atom is -0.352 e. The average Bonchev–Trinajstić information content (AvgIpc) is 2.23. The van der Waals surface area contributed by atoms with Gasteiger partial charge in [-0.25, -0.2) is 0 Å². The van der Waals surface area contributed by atoms with Crippen LogP contribution in [0.3, 0.4) is 0 Å². The van der Waals surface area contributed by atoms with Crippen LogP contribution in [-0.4, -0.2) is 24.5 Å². The molecule has 0 aliphatic heterocycles. The molecule has 0 heterocycles. The van der Waals surface area contributed by atoms with Gasteiger partial charge < -0.3 is 10.6 Å². The van der Waals surface area contributed by atoms with Crippen molar-refractivity contribution >= 4 is 5.91 Å². The first kappa shape index (κ1) is 15.4. The molecule has 96 valence electrons. The number of amides is 1. The van der Waals surface area contributed by atoms with Crippen LogP contribution in [-0.2, 0) is 4.79 Å². The third kappa shape index (κ3) is 7.69. The van der Waals surface area contributed by atoms with Gasteiger partial charge in [0.1, 0.15) is 0 Å². The van der Waals surface area contributed by atoms with Gasteiger partial charge in [-0.05, 0) is 26.2 Å². The standard InChI is InChI=1S/C13H28N2O/c1-6-7-8-11(4)14-9-13(16)15-12(5)10(2)3/h10-12,14H,6-9H2,1-5H3,(H,15,16). The first-order valence-electron chi connectivity index (χ1n) is 6.50. The van der Waals surface area contributed by atoms with E-state index in [0.29, 0.717) is 18.5 Å². The lowest BCUT2D eigenvalue weighted by Gasteiger charge is -2.19. The van der Waals surface area contributed by atoms with Crippen molar-refractivity contribution < 1.29 is 4.79 Å². The molecule has 0 aliphatic carbocycles. The number of nitrogens with one attached hydrogen (secondary N) is 2. The summed E-state index contributed by atoms with van der Waals surface area (Å²) >= 11 is 0. The second-order valence-corrected chi connectivity index (χ2v) is 5.02. The van der Waals surface area contributed by atoms with Gasteiger partial charge in [-0.2, -0.15) is 0 Å². The van der Waals surface area contributed by atoms with E-state index in [1.165, 1.54) is 12.8 Å². The van der Waals surface area contributed by atoms with E-state index < -0.39 is 0 Å². The monoisotopic (exact) mass is 228 g/mol. The van der Waals surface area contributed by atoms with E-state index in [1.54, 1.807) is 0 Å². The van der Waals surface area contributed by atoms with Gasteiger partial charge in [-0.3, -0.25) is 4.79 Å². The topological polar surface area (TPSA) is 41.1 Å². The Morgan fingerprint density at radius 1 is 1.19 bits per heavy atom. The minimum atomic E-state index is 0.101. The fourth-order valence-corrected chi connectivity index (χ4v) is 1.35. The molecular formula is C13H28N2O. The van der Waals surface area contributed by atoms with Crippen molar-refractivity contribution in [2.45, 2.75) is 66.0 Å². The van der Waals surface area contributed by atoms with Crippen LogP contribution in [0.2, 0.25) is 0 Å². The third-order valence-corrected chi connectivity index (χ3v) is 2.99. The predicted molar refractivity (Wildman–Crippen MR) is 69.4 cm³/mol. The van der Waals surface area contributed by atoms with E-state index in [1.807, 2.05) is 6.92 Å². The largest absolute Gasteiger partial charge is 0.352 e. The molecule has 0 aliphatic rings. The van der Waals surface area contributed by atoms with Crippen LogP contribution in [0.5, 0.6) is 0 Å². The molecule has 3 heteroatoms. The molecule has 0 spiro atoms. The summed E-state index contributed by atoms with van der Waals surface area (Å²) in [5.41, 5.74) is 0. The average molecular weight is 228 g/mol. The van der Waals surface area contributed by atoms with Crippen LogP contribution >= 0.6 is 0 Å². The highest BCUT2D eigenvalue weighted by atomic mass is 16.1. The molecule has 0 saturated heterocycles. The Bertz CT molecular complexity index is 192. The van der Waals surface area contributed by atoms with Crippen molar-refractivity contribution in [2.75, 3.05) is 6.54 Å². The molecule has 1 amide bonds. The van der Waals surface area contributed by atoms with E-state index in [2.05, 4.69) is 38.3 Å². The van der Waals surface area contributed by atoms with Crippen LogP contribution < -0.4 is 10.6 Å². The maximum atomic E-state index is 11.6. The Hall–Kier alpha value is -0.570. The maximum absolute atomic E-state index is 11.6. The molecule has 0 aromatic heterocycles. The second-order valence-electron chi connectivity index (χ2n) is 5.02. The number of hydrogen-bond donors (Lipinski definition) is 2. The molecule has 0 radical (unpaired) electrons. The summed E-state index contributed by atoms with van der Waals surface area (Å²) in [7, 11) is 0. The summed E-state index contributed by atoms with van der Waals surface area (Å²) in [6.07, 6.45) is 3.57. The number of unbranched alkanes of at least 4 members (excludes halogenated alkanes) is 1. The van der Waals surface area contributed by atoms with Crippen molar-refractivity contribution in [3.05, 3.63) is 0 Å². The molecule has 0 aromatic carbocycles. The number of rotatable bonds is 8.